The van der Waals surface area contributed by atoms with E-state index in [-0.39, 0.29) is 12.1 Å². The van der Waals surface area contributed by atoms with Gasteiger partial charge in [-0.3, -0.25) is 0 Å². The fraction of sp³-hybridized carbons (Fsp3) is 0.800. The molecule has 2 rings (SSSR count). The molecule has 0 bridgehead atoms. The van der Waals surface area contributed by atoms with Crippen molar-refractivity contribution >= 4 is 23.1 Å². The molecular formula is C10H17N3OS2. The second-order valence-electron chi connectivity index (χ2n) is 4.21. The number of aromatic nitrogens is 2. The molecule has 1 atom stereocenters. The summed E-state index contributed by atoms with van der Waals surface area (Å²) in [5.41, 5.74) is -0.135. The molecule has 0 saturated heterocycles. The Morgan fingerprint density at radius 3 is 2.75 bits per heavy atom. The SMILES string of the molecule is CNC(CO)(CSc1nnc(C)s1)C1CC1. The van der Waals surface area contributed by atoms with E-state index in [1.165, 1.54) is 12.8 Å². The van der Waals surface area contributed by atoms with Crippen LogP contribution in [0.1, 0.15) is 17.8 Å². The van der Waals surface area contributed by atoms with E-state index in [0.29, 0.717) is 5.92 Å². The van der Waals surface area contributed by atoms with Crippen LogP contribution in [-0.4, -0.2) is 40.3 Å². The lowest BCUT2D eigenvalue weighted by molar-refractivity contribution is 0.167. The highest BCUT2D eigenvalue weighted by atomic mass is 32.2. The minimum atomic E-state index is -0.135. The summed E-state index contributed by atoms with van der Waals surface area (Å²) in [4.78, 5) is 0. The topological polar surface area (TPSA) is 58.0 Å². The zero-order valence-electron chi connectivity index (χ0n) is 9.56. The Bertz CT molecular complexity index is 348. The summed E-state index contributed by atoms with van der Waals surface area (Å²) < 4.78 is 0.992. The number of nitrogens with zero attached hydrogens (tertiary/aromatic N) is 2. The molecule has 1 fully saturated rings. The van der Waals surface area contributed by atoms with Gasteiger partial charge in [-0.05, 0) is 32.7 Å². The normalized spacial score (nSPS) is 19.7. The lowest BCUT2D eigenvalue weighted by atomic mass is 9.97. The molecule has 1 aliphatic carbocycles. The van der Waals surface area contributed by atoms with Crippen LogP contribution in [-0.2, 0) is 0 Å². The number of nitrogens with one attached hydrogen (secondary N) is 1. The van der Waals surface area contributed by atoms with E-state index in [0.717, 1.165) is 15.1 Å². The Hall–Kier alpha value is -0.170. The van der Waals surface area contributed by atoms with Gasteiger partial charge < -0.3 is 10.4 Å². The molecular weight excluding hydrogens is 242 g/mol. The first-order valence-electron chi connectivity index (χ1n) is 5.43. The van der Waals surface area contributed by atoms with Gasteiger partial charge in [0.25, 0.3) is 0 Å². The molecule has 2 N–H and O–H groups in total. The van der Waals surface area contributed by atoms with E-state index in [4.69, 9.17) is 0 Å². The average molecular weight is 259 g/mol. The summed E-state index contributed by atoms with van der Waals surface area (Å²) in [7, 11) is 1.93. The number of rotatable bonds is 6. The fourth-order valence-corrected chi connectivity index (χ4v) is 3.95. The van der Waals surface area contributed by atoms with Crippen LogP contribution >= 0.6 is 23.1 Å². The van der Waals surface area contributed by atoms with Crippen molar-refractivity contribution in [1.82, 2.24) is 15.5 Å². The van der Waals surface area contributed by atoms with Crippen molar-refractivity contribution in [3.8, 4) is 0 Å². The Balaban J connectivity index is 1.96. The molecule has 0 amide bonds. The zero-order valence-corrected chi connectivity index (χ0v) is 11.2. The van der Waals surface area contributed by atoms with Crippen molar-refractivity contribution < 1.29 is 5.11 Å². The smallest absolute Gasteiger partial charge is 0.174 e. The van der Waals surface area contributed by atoms with Crippen molar-refractivity contribution in [2.24, 2.45) is 5.92 Å². The van der Waals surface area contributed by atoms with E-state index >= 15 is 0 Å². The lowest BCUT2D eigenvalue weighted by Gasteiger charge is -2.31. The Labute approximate surface area is 104 Å². The molecule has 1 aliphatic rings. The van der Waals surface area contributed by atoms with Crippen molar-refractivity contribution in [2.45, 2.75) is 29.6 Å². The van der Waals surface area contributed by atoms with Gasteiger partial charge in [-0.2, -0.15) is 0 Å². The van der Waals surface area contributed by atoms with E-state index in [1.54, 1.807) is 23.1 Å². The average Bonchev–Trinajstić information content (AvgIpc) is 3.06. The van der Waals surface area contributed by atoms with Gasteiger partial charge in [0, 0.05) is 5.75 Å². The van der Waals surface area contributed by atoms with Gasteiger partial charge in [0.15, 0.2) is 4.34 Å². The van der Waals surface area contributed by atoms with Crippen molar-refractivity contribution in [2.75, 3.05) is 19.4 Å². The third kappa shape index (κ3) is 2.56. The third-order valence-corrected chi connectivity index (χ3v) is 5.32. The molecule has 0 aromatic carbocycles. The molecule has 6 heteroatoms. The highest BCUT2D eigenvalue weighted by molar-refractivity contribution is 8.01. The Morgan fingerprint density at radius 2 is 2.31 bits per heavy atom. The molecule has 16 heavy (non-hydrogen) atoms. The Kier molecular flexibility index (Phi) is 3.84. The second-order valence-corrected chi connectivity index (χ2v) is 6.62. The standard InChI is InChI=1S/C10H17N3OS2/c1-7-12-13-9(16-7)15-6-10(5-14,11-2)8-3-4-8/h8,11,14H,3-6H2,1-2H3. The van der Waals surface area contributed by atoms with E-state index in [2.05, 4.69) is 15.5 Å². The summed E-state index contributed by atoms with van der Waals surface area (Å²) in [6.45, 7) is 2.15. The molecule has 0 spiro atoms. The molecule has 4 nitrogen and oxygen atoms in total. The molecule has 90 valence electrons. The van der Waals surface area contributed by atoms with Gasteiger partial charge in [0.1, 0.15) is 5.01 Å². The van der Waals surface area contributed by atoms with Crippen molar-refractivity contribution in [3.63, 3.8) is 0 Å². The zero-order chi connectivity index (χ0) is 11.6. The summed E-state index contributed by atoms with van der Waals surface area (Å²) in [5, 5.41) is 21.9. The molecule has 0 radical (unpaired) electrons. The van der Waals surface area contributed by atoms with E-state index < -0.39 is 0 Å². The van der Waals surface area contributed by atoms with Crippen LogP contribution in [0, 0.1) is 12.8 Å². The van der Waals surface area contributed by atoms with Crippen molar-refractivity contribution in [3.05, 3.63) is 5.01 Å². The summed E-state index contributed by atoms with van der Waals surface area (Å²) >= 11 is 3.30. The lowest BCUT2D eigenvalue weighted by Crippen LogP contribution is -2.51. The van der Waals surface area contributed by atoms with Crippen LogP contribution in [0.5, 0.6) is 0 Å². The molecule has 1 unspecified atom stereocenters. The van der Waals surface area contributed by atoms with Crippen LogP contribution in [0.2, 0.25) is 0 Å². The van der Waals surface area contributed by atoms with Crippen molar-refractivity contribution in [1.29, 1.82) is 0 Å². The van der Waals surface area contributed by atoms with Gasteiger partial charge in [-0.15, -0.1) is 10.2 Å². The number of thioether (sulfide) groups is 1. The number of likely N-dealkylation sites (N-methyl/N-ethyl adjacent to an activating group) is 1. The van der Waals surface area contributed by atoms with Crippen LogP contribution in [0.25, 0.3) is 0 Å². The minimum Gasteiger partial charge on any atom is -0.394 e. The molecule has 1 heterocycles. The Morgan fingerprint density at radius 1 is 1.56 bits per heavy atom. The molecule has 1 saturated carbocycles. The predicted molar refractivity (Wildman–Crippen MR) is 67.0 cm³/mol. The maximum absolute atomic E-state index is 9.56. The first-order chi connectivity index (χ1) is 7.70. The van der Waals surface area contributed by atoms with Gasteiger partial charge in [0.2, 0.25) is 0 Å². The summed E-state index contributed by atoms with van der Waals surface area (Å²) in [6.07, 6.45) is 2.44. The van der Waals surface area contributed by atoms with Gasteiger partial charge in [-0.25, -0.2) is 0 Å². The predicted octanol–water partition coefficient (Wildman–Crippen LogP) is 1.30. The number of aryl methyl sites for hydroxylation is 1. The fourth-order valence-electron chi connectivity index (χ4n) is 1.81. The second kappa shape index (κ2) is 5.00. The molecule has 1 aromatic heterocycles. The van der Waals surface area contributed by atoms with Crippen LogP contribution in [0.15, 0.2) is 4.34 Å². The monoisotopic (exact) mass is 259 g/mol. The number of aliphatic hydroxyl groups excluding tert-OH is 1. The highest BCUT2D eigenvalue weighted by Crippen LogP contribution is 2.42. The van der Waals surface area contributed by atoms with Gasteiger partial charge in [0.05, 0.1) is 12.1 Å². The van der Waals surface area contributed by atoms with Crippen LogP contribution < -0.4 is 5.32 Å². The quantitative estimate of drug-likeness (QED) is 0.754. The summed E-state index contributed by atoms with van der Waals surface area (Å²) in [6, 6.07) is 0. The number of hydrogen-bond acceptors (Lipinski definition) is 6. The first kappa shape index (κ1) is 12.3. The first-order valence-corrected chi connectivity index (χ1v) is 7.23. The molecule has 1 aromatic rings. The number of aliphatic hydroxyl groups is 1. The third-order valence-electron chi connectivity index (χ3n) is 3.10. The van der Waals surface area contributed by atoms with E-state index in [1.807, 2.05) is 14.0 Å². The maximum Gasteiger partial charge on any atom is 0.174 e. The van der Waals surface area contributed by atoms with Crippen LogP contribution in [0.4, 0.5) is 0 Å². The summed E-state index contributed by atoms with van der Waals surface area (Å²) in [5.74, 6) is 1.48. The van der Waals surface area contributed by atoms with Gasteiger partial charge >= 0.3 is 0 Å². The highest BCUT2D eigenvalue weighted by Gasteiger charge is 2.43. The molecule has 0 aliphatic heterocycles. The van der Waals surface area contributed by atoms with E-state index in [9.17, 15) is 5.11 Å². The number of hydrogen-bond donors (Lipinski definition) is 2. The largest absolute Gasteiger partial charge is 0.394 e. The van der Waals surface area contributed by atoms with Gasteiger partial charge in [-0.1, -0.05) is 23.1 Å². The minimum absolute atomic E-state index is 0.135. The van der Waals surface area contributed by atoms with Crippen LogP contribution in [0.3, 0.4) is 0 Å². The maximum atomic E-state index is 9.56.